The largest absolute Gasteiger partial charge is 0.497 e. The van der Waals surface area contributed by atoms with Crippen LogP contribution in [0.1, 0.15) is 0 Å². The summed E-state index contributed by atoms with van der Waals surface area (Å²) in [5, 5.41) is 1.08. The normalized spacial score (nSPS) is 15.2. The fraction of sp³-hybridized carbons (Fsp3) is 0.294. The Hall–Kier alpha value is -2.34. The predicted octanol–water partition coefficient (Wildman–Crippen LogP) is 3.03. The lowest BCUT2D eigenvalue weighted by Crippen LogP contribution is -2.46. The van der Waals surface area contributed by atoms with Crippen LogP contribution in [0, 0.1) is 0 Å². The molecule has 0 radical (unpaired) electrons. The molecule has 6 heteroatoms. The Labute approximate surface area is 139 Å². The first kappa shape index (κ1) is 14.3. The van der Waals surface area contributed by atoms with Gasteiger partial charge in [-0.25, -0.2) is 9.97 Å². The molecule has 0 N–H and O–H groups in total. The van der Waals surface area contributed by atoms with E-state index < -0.39 is 0 Å². The molecule has 1 fully saturated rings. The molecule has 1 saturated heterocycles. The van der Waals surface area contributed by atoms with Gasteiger partial charge in [0.2, 0.25) is 0 Å². The molecule has 4 rings (SSSR count). The van der Waals surface area contributed by atoms with Crippen molar-refractivity contribution < 1.29 is 4.74 Å². The minimum Gasteiger partial charge on any atom is -0.497 e. The van der Waals surface area contributed by atoms with Crippen molar-refractivity contribution in [1.82, 2.24) is 9.97 Å². The summed E-state index contributed by atoms with van der Waals surface area (Å²) in [4.78, 5) is 14.9. The number of fused-ring (bicyclic) bond motifs is 1. The first-order valence-corrected chi connectivity index (χ1v) is 8.50. The smallest absolute Gasteiger partial charge is 0.188 e. The number of hydrogen-bond donors (Lipinski definition) is 0. The zero-order valence-corrected chi connectivity index (χ0v) is 13.8. The Morgan fingerprint density at radius 1 is 1.00 bits per heavy atom. The number of pyridine rings is 1. The molecule has 1 aliphatic rings. The number of benzene rings is 1. The number of hydrogen-bond acceptors (Lipinski definition) is 6. The maximum Gasteiger partial charge on any atom is 0.188 e. The molecule has 3 aromatic rings. The molecule has 0 aliphatic carbocycles. The van der Waals surface area contributed by atoms with Gasteiger partial charge in [-0.05, 0) is 36.4 Å². The number of thiazole rings is 1. The highest BCUT2D eigenvalue weighted by Gasteiger charge is 2.20. The van der Waals surface area contributed by atoms with Crippen LogP contribution in [-0.2, 0) is 0 Å². The van der Waals surface area contributed by atoms with E-state index in [1.807, 2.05) is 30.5 Å². The SMILES string of the molecule is COc1ccc(N2CCN(c3nc4cccnc4s3)CC2)cc1. The zero-order chi connectivity index (χ0) is 15.6. The summed E-state index contributed by atoms with van der Waals surface area (Å²) in [7, 11) is 1.70. The van der Waals surface area contributed by atoms with Crippen molar-refractivity contribution in [2.75, 3.05) is 43.1 Å². The number of piperazine rings is 1. The Kier molecular flexibility index (Phi) is 3.75. The number of rotatable bonds is 3. The van der Waals surface area contributed by atoms with Gasteiger partial charge in [-0.15, -0.1) is 0 Å². The van der Waals surface area contributed by atoms with Gasteiger partial charge in [0.05, 0.1) is 7.11 Å². The van der Waals surface area contributed by atoms with E-state index in [0.717, 1.165) is 47.4 Å². The second-order valence-corrected chi connectivity index (χ2v) is 6.45. The van der Waals surface area contributed by atoms with Crippen molar-refractivity contribution in [2.24, 2.45) is 0 Å². The third-order valence-electron chi connectivity index (χ3n) is 4.14. The number of ether oxygens (including phenoxy) is 1. The molecule has 2 aromatic heterocycles. The Balaban J connectivity index is 1.45. The highest BCUT2D eigenvalue weighted by atomic mass is 32.1. The minimum absolute atomic E-state index is 0.898. The summed E-state index contributed by atoms with van der Waals surface area (Å²) >= 11 is 1.67. The molecule has 0 unspecified atom stereocenters. The first-order chi connectivity index (χ1) is 11.3. The number of methoxy groups -OCH3 is 1. The first-order valence-electron chi connectivity index (χ1n) is 7.69. The van der Waals surface area contributed by atoms with Crippen LogP contribution >= 0.6 is 11.3 Å². The average Bonchev–Trinajstić information content (AvgIpc) is 3.06. The van der Waals surface area contributed by atoms with Gasteiger partial charge >= 0.3 is 0 Å². The second kappa shape index (κ2) is 6.04. The van der Waals surface area contributed by atoms with Crippen LogP contribution in [0.25, 0.3) is 10.3 Å². The lowest BCUT2D eigenvalue weighted by atomic mass is 10.2. The van der Waals surface area contributed by atoms with Crippen LogP contribution in [0.5, 0.6) is 5.75 Å². The number of aromatic nitrogens is 2. The predicted molar refractivity (Wildman–Crippen MR) is 94.8 cm³/mol. The van der Waals surface area contributed by atoms with E-state index in [1.54, 1.807) is 18.4 Å². The standard InChI is InChI=1S/C17H18N4OS/c1-22-14-6-4-13(5-7-14)20-9-11-21(12-10-20)17-19-15-3-2-8-18-16(15)23-17/h2-8H,9-12H2,1H3. The maximum atomic E-state index is 5.22. The molecule has 0 amide bonds. The summed E-state index contributed by atoms with van der Waals surface area (Å²) < 4.78 is 5.22. The Bertz CT molecular complexity index is 761. The van der Waals surface area contributed by atoms with Gasteiger partial charge in [-0.3, -0.25) is 0 Å². The summed E-state index contributed by atoms with van der Waals surface area (Å²) in [5.74, 6) is 0.898. The van der Waals surface area contributed by atoms with E-state index in [0.29, 0.717) is 0 Å². The van der Waals surface area contributed by atoms with Gasteiger partial charge in [0, 0.05) is 38.1 Å². The molecule has 23 heavy (non-hydrogen) atoms. The molecule has 0 atom stereocenters. The second-order valence-electron chi connectivity index (χ2n) is 5.50. The topological polar surface area (TPSA) is 41.5 Å². The van der Waals surface area contributed by atoms with E-state index in [2.05, 4.69) is 26.9 Å². The molecule has 0 bridgehead atoms. The summed E-state index contributed by atoms with van der Waals surface area (Å²) in [5.41, 5.74) is 2.24. The highest BCUT2D eigenvalue weighted by molar-refractivity contribution is 7.21. The van der Waals surface area contributed by atoms with E-state index in [1.165, 1.54) is 5.69 Å². The molecule has 5 nitrogen and oxygen atoms in total. The summed E-state index contributed by atoms with van der Waals surface area (Å²) in [6.07, 6.45) is 1.83. The third kappa shape index (κ3) is 2.82. The lowest BCUT2D eigenvalue weighted by molar-refractivity contribution is 0.415. The van der Waals surface area contributed by atoms with Crippen LogP contribution in [0.15, 0.2) is 42.6 Å². The number of anilines is 2. The van der Waals surface area contributed by atoms with Gasteiger partial charge in [-0.2, -0.15) is 0 Å². The minimum atomic E-state index is 0.898. The lowest BCUT2D eigenvalue weighted by Gasteiger charge is -2.36. The monoisotopic (exact) mass is 326 g/mol. The van der Waals surface area contributed by atoms with Crippen molar-refractivity contribution >= 4 is 32.5 Å². The fourth-order valence-corrected chi connectivity index (χ4v) is 3.80. The summed E-state index contributed by atoms with van der Waals surface area (Å²) in [6.45, 7) is 3.95. The van der Waals surface area contributed by atoms with Crippen molar-refractivity contribution in [3.8, 4) is 5.75 Å². The molecule has 0 spiro atoms. The molecule has 1 aromatic carbocycles. The van der Waals surface area contributed by atoms with Gasteiger partial charge in [0.15, 0.2) is 5.13 Å². The zero-order valence-electron chi connectivity index (χ0n) is 13.0. The molecular weight excluding hydrogens is 308 g/mol. The maximum absolute atomic E-state index is 5.22. The van der Waals surface area contributed by atoms with Crippen molar-refractivity contribution in [3.63, 3.8) is 0 Å². The van der Waals surface area contributed by atoms with Crippen LogP contribution in [-0.4, -0.2) is 43.3 Å². The molecule has 0 saturated carbocycles. The van der Waals surface area contributed by atoms with Crippen LogP contribution in [0.3, 0.4) is 0 Å². The quantitative estimate of drug-likeness (QED) is 0.740. The van der Waals surface area contributed by atoms with Crippen LogP contribution in [0.4, 0.5) is 10.8 Å². The molecule has 1 aliphatic heterocycles. The molecule has 3 heterocycles. The van der Waals surface area contributed by atoms with Crippen molar-refractivity contribution in [1.29, 1.82) is 0 Å². The van der Waals surface area contributed by atoms with E-state index >= 15 is 0 Å². The van der Waals surface area contributed by atoms with Crippen molar-refractivity contribution in [2.45, 2.75) is 0 Å². The van der Waals surface area contributed by atoms with Crippen LogP contribution in [0.2, 0.25) is 0 Å². The fourth-order valence-electron chi connectivity index (χ4n) is 2.84. The Morgan fingerprint density at radius 3 is 2.43 bits per heavy atom. The third-order valence-corrected chi connectivity index (χ3v) is 5.18. The van der Waals surface area contributed by atoms with E-state index in [9.17, 15) is 0 Å². The Morgan fingerprint density at radius 2 is 1.74 bits per heavy atom. The average molecular weight is 326 g/mol. The number of nitrogens with zero attached hydrogens (tertiary/aromatic N) is 4. The van der Waals surface area contributed by atoms with Gasteiger partial charge in [-0.1, -0.05) is 11.3 Å². The summed E-state index contributed by atoms with van der Waals surface area (Å²) in [6, 6.07) is 12.2. The molecular formula is C17H18N4OS. The van der Waals surface area contributed by atoms with Crippen LogP contribution < -0.4 is 14.5 Å². The van der Waals surface area contributed by atoms with Gasteiger partial charge in [0.1, 0.15) is 16.1 Å². The highest BCUT2D eigenvalue weighted by Crippen LogP contribution is 2.28. The van der Waals surface area contributed by atoms with E-state index in [4.69, 9.17) is 9.72 Å². The van der Waals surface area contributed by atoms with Gasteiger partial charge < -0.3 is 14.5 Å². The molecule has 118 valence electrons. The van der Waals surface area contributed by atoms with Crippen molar-refractivity contribution in [3.05, 3.63) is 42.6 Å². The van der Waals surface area contributed by atoms with E-state index in [-0.39, 0.29) is 0 Å². The van der Waals surface area contributed by atoms with Gasteiger partial charge in [0.25, 0.3) is 0 Å².